The highest BCUT2D eigenvalue weighted by molar-refractivity contribution is 9.10. The second-order valence-corrected chi connectivity index (χ2v) is 4.84. The van der Waals surface area contributed by atoms with Gasteiger partial charge in [0.1, 0.15) is 5.82 Å². The van der Waals surface area contributed by atoms with E-state index in [0.717, 1.165) is 4.47 Å². The number of nitrogens with one attached hydrogen (secondary N) is 1. The molecule has 4 nitrogen and oxygen atoms in total. The molecule has 0 unspecified atom stereocenters. The first-order valence-electron chi connectivity index (χ1n) is 5.05. The predicted molar refractivity (Wildman–Crippen MR) is 75.8 cm³/mol. The minimum Gasteiger partial charge on any atom is -0.383 e. The minimum atomic E-state index is -0.347. The Morgan fingerprint density at radius 1 is 1.39 bits per heavy atom. The first-order valence-corrected chi connectivity index (χ1v) is 6.22. The van der Waals surface area contributed by atoms with Gasteiger partial charge in [-0.1, -0.05) is 27.5 Å². The van der Waals surface area contributed by atoms with E-state index in [1.807, 2.05) is 0 Å². The number of halogens is 2. The molecule has 3 N–H and O–H groups in total. The second-order valence-electron chi connectivity index (χ2n) is 3.51. The maximum Gasteiger partial charge on any atom is 0.259 e. The lowest BCUT2D eigenvalue weighted by molar-refractivity contribution is 0.102. The van der Waals surface area contributed by atoms with Gasteiger partial charge in [-0.25, -0.2) is 4.98 Å². The summed E-state index contributed by atoms with van der Waals surface area (Å²) in [6, 6.07) is 8.44. The molecule has 0 aliphatic heterocycles. The van der Waals surface area contributed by atoms with E-state index in [2.05, 4.69) is 26.2 Å². The molecule has 1 heterocycles. The van der Waals surface area contributed by atoms with Crippen LogP contribution < -0.4 is 11.1 Å². The Bertz CT molecular complexity index is 604. The SMILES string of the molecule is Nc1ncccc1C(=O)Nc1cc(Br)ccc1Cl. The smallest absolute Gasteiger partial charge is 0.259 e. The van der Waals surface area contributed by atoms with E-state index in [0.29, 0.717) is 16.3 Å². The molecule has 0 aliphatic rings. The van der Waals surface area contributed by atoms with Gasteiger partial charge in [0.05, 0.1) is 16.3 Å². The first-order chi connectivity index (χ1) is 8.58. The number of carbonyl (C=O) groups excluding carboxylic acids is 1. The van der Waals surface area contributed by atoms with Gasteiger partial charge in [0.25, 0.3) is 5.91 Å². The highest BCUT2D eigenvalue weighted by Gasteiger charge is 2.12. The molecular formula is C12H9BrClN3O. The van der Waals surface area contributed by atoms with E-state index < -0.39 is 0 Å². The summed E-state index contributed by atoms with van der Waals surface area (Å²) in [6.45, 7) is 0. The number of nitrogens with zero attached hydrogens (tertiary/aromatic N) is 1. The molecule has 6 heteroatoms. The number of nitrogens with two attached hydrogens (primary N) is 1. The van der Waals surface area contributed by atoms with Gasteiger partial charge in [0.2, 0.25) is 0 Å². The lowest BCUT2D eigenvalue weighted by atomic mass is 10.2. The highest BCUT2D eigenvalue weighted by Crippen LogP contribution is 2.26. The van der Waals surface area contributed by atoms with Crippen LogP contribution in [0, 0.1) is 0 Å². The Hall–Kier alpha value is -1.59. The molecule has 1 aromatic heterocycles. The molecule has 1 aromatic carbocycles. The lowest BCUT2D eigenvalue weighted by Gasteiger charge is -2.08. The summed E-state index contributed by atoms with van der Waals surface area (Å²) in [5.41, 5.74) is 6.46. The summed E-state index contributed by atoms with van der Waals surface area (Å²) in [5, 5.41) is 3.14. The van der Waals surface area contributed by atoms with Crippen LogP contribution in [0.4, 0.5) is 11.5 Å². The van der Waals surface area contributed by atoms with Crippen molar-refractivity contribution in [2.24, 2.45) is 0 Å². The largest absolute Gasteiger partial charge is 0.383 e. The Kier molecular flexibility index (Phi) is 3.84. The molecule has 2 rings (SSSR count). The minimum absolute atomic E-state index is 0.182. The Balaban J connectivity index is 2.27. The number of nitrogen functional groups attached to an aromatic ring is 1. The number of benzene rings is 1. The number of pyridine rings is 1. The van der Waals surface area contributed by atoms with Gasteiger partial charge >= 0.3 is 0 Å². The third-order valence-corrected chi connectivity index (χ3v) is 3.08. The predicted octanol–water partition coefficient (Wildman–Crippen LogP) is 3.33. The quantitative estimate of drug-likeness (QED) is 0.889. The van der Waals surface area contributed by atoms with E-state index in [9.17, 15) is 4.79 Å². The summed E-state index contributed by atoms with van der Waals surface area (Å²) >= 11 is 9.30. The molecule has 0 radical (unpaired) electrons. The van der Waals surface area contributed by atoms with E-state index >= 15 is 0 Å². The van der Waals surface area contributed by atoms with Crippen molar-refractivity contribution in [3.63, 3.8) is 0 Å². The molecule has 0 atom stereocenters. The van der Waals surface area contributed by atoms with Gasteiger partial charge in [0.15, 0.2) is 0 Å². The molecule has 18 heavy (non-hydrogen) atoms. The number of aromatic nitrogens is 1. The molecular weight excluding hydrogens is 318 g/mol. The van der Waals surface area contributed by atoms with E-state index in [4.69, 9.17) is 17.3 Å². The van der Waals surface area contributed by atoms with Gasteiger partial charge in [-0.15, -0.1) is 0 Å². The van der Waals surface area contributed by atoms with Crippen molar-refractivity contribution in [2.45, 2.75) is 0 Å². The summed E-state index contributed by atoms with van der Waals surface area (Å²) in [6.07, 6.45) is 1.53. The van der Waals surface area contributed by atoms with Crippen LogP contribution in [-0.2, 0) is 0 Å². The molecule has 2 aromatic rings. The van der Waals surface area contributed by atoms with E-state index in [-0.39, 0.29) is 11.7 Å². The van der Waals surface area contributed by atoms with Crippen molar-refractivity contribution in [3.05, 3.63) is 51.6 Å². The maximum absolute atomic E-state index is 12.0. The Morgan fingerprint density at radius 3 is 2.89 bits per heavy atom. The van der Waals surface area contributed by atoms with Crippen molar-refractivity contribution >= 4 is 44.9 Å². The average Bonchev–Trinajstić information content (AvgIpc) is 2.34. The van der Waals surface area contributed by atoms with E-state index in [1.54, 1.807) is 30.3 Å². The van der Waals surface area contributed by atoms with Gasteiger partial charge in [0, 0.05) is 10.7 Å². The number of hydrogen-bond donors (Lipinski definition) is 2. The number of carbonyl (C=O) groups is 1. The van der Waals surface area contributed by atoms with Crippen molar-refractivity contribution in [1.29, 1.82) is 0 Å². The Labute approximate surface area is 117 Å². The molecule has 1 amide bonds. The van der Waals surface area contributed by atoms with E-state index in [1.165, 1.54) is 6.20 Å². The fourth-order valence-electron chi connectivity index (χ4n) is 1.39. The van der Waals surface area contributed by atoms with Crippen LogP contribution in [0.15, 0.2) is 41.0 Å². The topological polar surface area (TPSA) is 68.0 Å². The zero-order chi connectivity index (χ0) is 13.1. The summed E-state index contributed by atoms with van der Waals surface area (Å²) < 4.78 is 0.821. The third-order valence-electron chi connectivity index (χ3n) is 2.26. The normalized spacial score (nSPS) is 10.1. The molecule has 92 valence electrons. The molecule has 0 saturated carbocycles. The van der Waals surface area contributed by atoms with Crippen molar-refractivity contribution in [1.82, 2.24) is 4.98 Å². The van der Waals surface area contributed by atoms with Crippen molar-refractivity contribution in [2.75, 3.05) is 11.1 Å². The fourth-order valence-corrected chi connectivity index (χ4v) is 1.92. The van der Waals surface area contributed by atoms with Gasteiger partial charge in [-0.3, -0.25) is 4.79 Å². The number of hydrogen-bond acceptors (Lipinski definition) is 3. The standard InChI is InChI=1S/C12H9BrClN3O/c13-7-3-4-9(14)10(6-7)17-12(18)8-2-1-5-16-11(8)15/h1-6H,(H2,15,16)(H,17,18). The molecule has 0 aliphatic carbocycles. The number of anilines is 2. The van der Waals surface area contributed by atoms with Gasteiger partial charge < -0.3 is 11.1 Å². The highest BCUT2D eigenvalue weighted by atomic mass is 79.9. The first kappa shape index (κ1) is 12.9. The van der Waals surface area contributed by atoms with Crippen LogP contribution in [0.25, 0.3) is 0 Å². The van der Waals surface area contributed by atoms with Crippen LogP contribution in [0.2, 0.25) is 5.02 Å². The monoisotopic (exact) mass is 325 g/mol. The molecule has 0 saturated heterocycles. The van der Waals surface area contributed by atoms with Crippen LogP contribution >= 0.6 is 27.5 Å². The zero-order valence-electron chi connectivity index (χ0n) is 9.15. The van der Waals surface area contributed by atoms with Crippen LogP contribution in [0.5, 0.6) is 0 Å². The molecule has 0 spiro atoms. The average molecular weight is 327 g/mol. The number of amides is 1. The number of rotatable bonds is 2. The molecule has 0 fully saturated rings. The summed E-state index contributed by atoms with van der Waals surface area (Å²) in [7, 11) is 0. The third kappa shape index (κ3) is 2.80. The van der Waals surface area contributed by atoms with Crippen LogP contribution in [0.3, 0.4) is 0 Å². The fraction of sp³-hybridized carbons (Fsp3) is 0. The van der Waals surface area contributed by atoms with Gasteiger partial charge in [-0.2, -0.15) is 0 Å². The van der Waals surface area contributed by atoms with Crippen LogP contribution in [0.1, 0.15) is 10.4 Å². The summed E-state index contributed by atoms with van der Waals surface area (Å²) in [5.74, 6) is -0.165. The molecule has 0 bridgehead atoms. The summed E-state index contributed by atoms with van der Waals surface area (Å²) in [4.78, 5) is 15.8. The van der Waals surface area contributed by atoms with Gasteiger partial charge in [-0.05, 0) is 30.3 Å². The lowest BCUT2D eigenvalue weighted by Crippen LogP contribution is -2.14. The second kappa shape index (κ2) is 5.37. The van der Waals surface area contributed by atoms with Crippen LogP contribution in [-0.4, -0.2) is 10.9 Å². The van der Waals surface area contributed by atoms with Crippen molar-refractivity contribution < 1.29 is 4.79 Å². The maximum atomic E-state index is 12.0. The zero-order valence-corrected chi connectivity index (χ0v) is 11.5. The van der Waals surface area contributed by atoms with Crippen molar-refractivity contribution in [3.8, 4) is 0 Å². The Morgan fingerprint density at radius 2 is 2.17 bits per heavy atom.